The molecule has 2 saturated heterocycles. The van der Waals surface area contributed by atoms with Gasteiger partial charge in [0.15, 0.2) is 5.96 Å². The lowest BCUT2D eigenvalue weighted by Gasteiger charge is -2.27. The molecule has 0 amide bonds. The van der Waals surface area contributed by atoms with Gasteiger partial charge in [-0.15, -0.1) is 24.0 Å². The lowest BCUT2D eigenvalue weighted by Crippen LogP contribution is -2.39. The van der Waals surface area contributed by atoms with Crippen molar-refractivity contribution in [2.75, 3.05) is 59.0 Å². The monoisotopic (exact) mass is 487 g/mol. The van der Waals surface area contributed by atoms with E-state index in [1.54, 1.807) is 0 Å². The maximum Gasteiger partial charge on any atom is 0.188 e. The molecular formula is C20H34IN5O. The van der Waals surface area contributed by atoms with Crippen LogP contribution in [0, 0.1) is 0 Å². The molecule has 1 atom stereocenters. The molecule has 0 aromatic heterocycles. The maximum absolute atomic E-state index is 6.10. The van der Waals surface area contributed by atoms with Crippen LogP contribution in [0.25, 0.3) is 0 Å². The highest BCUT2D eigenvalue weighted by Crippen LogP contribution is 2.25. The van der Waals surface area contributed by atoms with Crippen molar-refractivity contribution in [2.45, 2.75) is 25.3 Å². The van der Waals surface area contributed by atoms with Crippen LogP contribution in [0.1, 0.15) is 30.9 Å². The van der Waals surface area contributed by atoms with Crippen LogP contribution in [0.3, 0.4) is 0 Å². The molecule has 2 heterocycles. The summed E-state index contributed by atoms with van der Waals surface area (Å²) in [6.07, 6.45) is 3.63. The first-order chi connectivity index (χ1) is 12.8. The quantitative estimate of drug-likeness (QED) is 0.255. The normalized spacial score (nSPS) is 20.2. The zero-order chi connectivity index (χ0) is 18.0. The number of rotatable bonds is 8. The average Bonchev–Trinajstić information content (AvgIpc) is 3.22. The van der Waals surface area contributed by atoms with Gasteiger partial charge < -0.3 is 15.8 Å². The molecule has 0 radical (unpaired) electrons. The molecule has 2 aliphatic rings. The minimum absolute atomic E-state index is 0. The fourth-order valence-corrected chi connectivity index (χ4v) is 3.74. The van der Waals surface area contributed by atoms with Crippen LogP contribution >= 0.6 is 24.0 Å². The van der Waals surface area contributed by atoms with E-state index in [4.69, 9.17) is 10.5 Å². The third-order valence-electron chi connectivity index (χ3n) is 5.26. The van der Waals surface area contributed by atoms with Crippen LogP contribution in [0.5, 0.6) is 0 Å². The van der Waals surface area contributed by atoms with E-state index in [9.17, 15) is 0 Å². The van der Waals surface area contributed by atoms with Crippen molar-refractivity contribution < 1.29 is 4.74 Å². The van der Waals surface area contributed by atoms with Crippen LogP contribution in [-0.2, 0) is 4.74 Å². The van der Waals surface area contributed by atoms with Crippen molar-refractivity contribution in [1.29, 1.82) is 0 Å². The number of benzene rings is 1. The minimum atomic E-state index is 0. The zero-order valence-corrected chi connectivity index (χ0v) is 18.5. The van der Waals surface area contributed by atoms with Crippen molar-refractivity contribution in [3.05, 3.63) is 35.9 Å². The smallest absolute Gasteiger partial charge is 0.188 e. The molecular weight excluding hydrogens is 453 g/mol. The lowest BCUT2D eigenvalue weighted by atomic mass is 10.1. The van der Waals surface area contributed by atoms with Gasteiger partial charge in [-0.3, -0.25) is 14.8 Å². The third-order valence-corrected chi connectivity index (χ3v) is 5.26. The summed E-state index contributed by atoms with van der Waals surface area (Å²) in [4.78, 5) is 9.61. The first-order valence-electron chi connectivity index (χ1n) is 9.96. The molecule has 2 aliphatic heterocycles. The van der Waals surface area contributed by atoms with Crippen molar-refractivity contribution in [3.63, 3.8) is 0 Å². The number of nitrogens with zero attached hydrogens (tertiary/aromatic N) is 3. The minimum Gasteiger partial charge on any atom is -0.379 e. The summed E-state index contributed by atoms with van der Waals surface area (Å²) < 4.78 is 5.38. The number of ether oxygens (including phenoxy) is 1. The Morgan fingerprint density at radius 3 is 2.52 bits per heavy atom. The van der Waals surface area contributed by atoms with Gasteiger partial charge in [0.1, 0.15) is 0 Å². The molecule has 6 nitrogen and oxygen atoms in total. The van der Waals surface area contributed by atoms with Gasteiger partial charge in [0.05, 0.1) is 25.8 Å². The van der Waals surface area contributed by atoms with Crippen molar-refractivity contribution >= 4 is 29.9 Å². The van der Waals surface area contributed by atoms with Crippen LogP contribution < -0.4 is 11.1 Å². The summed E-state index contributed by atoms with van der Waals surface area (Å²) in [5, 5.41) is 3.27. The van der Waals surface area contributed by atoms with Gasteiger partial charge in [-0.25, -0.2) is 0 Å². The van der Waals surface area contributed by atoms with E-state index in [1.807, 2.05) is 0 Å². The Bertz CT molecular complexity index is 545. The number of nitrogens with two attached hydrogens (primary N) is 1. The van der Waals surface area contributed by atoms with Crippen LogP contribution in [0.4, 0.5) is 0 Å². The molecule has 1 unspecified atom stereocenters. The van der Waals surface area contributed by atoms with Crippen molar-refractivity contribution in [1.82, 2.24) is 15.1 Å². The molecule has 0 spiro atoms. The highest BCUT2D eigenvalue weighted by atomic mass is 127. The SMILES string of the molecule is I.NC(=NCC(c1ccccc1)N1CCCC1)NCCCN1CCOCC1. The number of nitrogens with one attached hydrogen (secondary N) is 1. The first-order valence-corrected chi connectivity index (χ1v) is 9.96. The molecule has 1 aromatic carbocycles. The van der Waals surface area contributed by atoms with Gasteiger partial charge >= 0.3 is 0 Å². The Hall–Kier alpha value is -0.900. The Kier molecular flexibility index (Phi) is 10.4. The Morgan fingerprint density at radius 1 is 1.11 bits per heavy atom. The molecule has 0 saturated carbocycles. The number of hydrogen-bond donors (Lipinski definition) is 2. The number of aliphatic imine (C=N–C) groups is 1. The van der Waals surface area contributed by atoms with Crippen molar-refractivity contribution in [2.24, 2.45) is 10.7 Å². The van der Waals surface area contributed by atoms with Crippen LogP contribution in [0.15, 0.2) is 35.3 Å². The van der Waals surface area contributed by atoms with E-state index >= 15 is 0 Å². The Balaban J connectivity index is 0.00000261. The summed E-state index contributed by atoms with van der Waals surface area (Å²) in [6, 6.07) is 11.0. The molecule has 7 heteroatoms. The molecule has 152 valence electrons. The second-order valence-electron chi connectivity index (χ2n) is 7.13. The van der Waals surface area contributed by atoms with Crippen LogP contribution in [0.2, 0.25) is 0 Å². The summed E-state index contributed by atoms with van der Waals surface area (Å²) >= 11 is 0. The largest absolute Gasteiger partial charge is 0.379 e. The molecule has 2 fully saturated rings. The maximum atomic E-state index is 6.10. The number of morpholine rings is 1. The standard InChI is InChI=1S/C20H33N5O.HI/c21-20(22-9-6-10-24-13-15-26-16-14-24)23-17-19(25-11-4-5-12-25)18-7-2-1-3-8-18;/h1-3,7-8,19H,4-6,9-17H2,(H3,21,22,23);1H. The highest BCUT2D eigenvalue weighted by molar-refractivity contribution is 14.0. The Morgan fingerprint density at radius 2 is 1.81 bits per heavy atom. The molecule has 1 aromatic rings. The van der Waals surface area contributed by atoms with E-state index in [1.165, 1.54) is 18.4 Å². The number of likely N-dealkylation sites (tertiary alicyclic amines) is 1. The van der Waals surface area contributed by atoms with Gasteiger partial charge in [-0.05, 0) is 44.5 Å². The van der Waals surface area contributed by atoms with E-state index in [0.717, 1.165) is 58.9 Å². The molecule has 0 aliphatic carbocycles. The fraction of sp³-hybridized carbons (Fsp3) is 0.650. The van der Waals surface area contributed by atoms with E-state index in [-0.39, 0.29) is 24.0 Å². The molecule has 27 heavy (non-hydrogen) atoms. The van der Waals surface area contributed by atoms with Gasteiger partial charge in [-0.2, -0.15) is 0 Å². The summed E-state index contributed by atoms with van der Waals surface area (Å²) in [5.41, 5.74) is 7.44. The van der Waals surface area contributed by atoms with E-state index < -0.39 is 0 Å². The number of halogens is 1. The van der Waals surface area contributed by atoms with E-state index in [0.29, 0.717) is 18.5 Å². The topological polar surface area (TPSA) is 66.1 Å². The first kappa shape index (κ1) is 22.4. The van der Waals surface area contributed by atoms with Gasteiger partial charge in [0, 0.05) is 19.6 Å². The van der Waals surface area contributed by atoms with Gasteiger partial charge in [0.25, 0.3) is 0 Å². The van der Waals surface area contributed by atoms with E-state index in [2.05, 4.69) is 50.4 Å². The predicted octanol–water partition coefficient (Wildman–Crippen LogP) is 2.07. The second kappa shape index (κ2) is 12.5. The van der Waals surface area contributed by atoms with Gasteiger partial charge in [0.2, 0.25) is 0 Å². The second-order valence-corrected chi connectivity index (χ2v) is 7.13. The van der Waals surface area contributed by atoms with Gasteiger partial charge in [-0.1, -0.05) is 30.3 Å². The molecule has 3 rings (SSSR count). The Labute approximate surface area is 180 Å². The van der Waals surface area contributed by atoms with Crippen LogP contribution in [-0.4, -0.2) is 74.8 Å². The number of hydrogen-bond acceptors (Lipinski definition) is 4. The zero-order valence-electron chi connectivity index (χ0n) is 16.2. The fourth-order valence-electron chi connectivity index (χ4n) is 3.74. The highest BCUT2D eigenvalue weighted by Gasteiger charge is 2.23. The lowest BCUT2D eigenvalue weighted by molar-refractivity contribution is 0.0376. The predicted molar refractivity (Wildman–Crippen MR) is 122 cm³/mol. The van der Waals surface area contributed by atoms with Crippen molar-refractivity contribution in [3.8, 4) is 0 Å². The summed E-state index contributed by atoms with van der Waals surface area (Å²) in [5.74, 6) is 0.562. The summed E-state index contributed by atoms with van der Waals surface area (Å²) in [7, 11) is 0. The molecule has 0 bridgehead atoms. The summed E-state index contributed by atoms with van der Waals surface area (Å²) in [6.45, 7) is 8.77. The third kappa shape index (κ3) is 7.56. The number of guanidine groups is 1. The molecule has 3 N–H and O–H groups in total. The average molecular weight is 487 g/mol.